The molecular weight excluding hydrogens is 337 g/mol. The summed E-state index contributed by atoms with van der Waals surface area (Å²) in [6.07, 6.45) is 2.46. The molecule has 1 aliphatic rings. The van der Waals surface area contributed by atoms with Gasteiger partial charge >= 0.3 is 0 Å². The Hall–Kier alpha value is -2.14. The lowest BCUT2D eigenvalue weighted by Crippen LogP contribution is -2.41. The SMILES string of the molecule is Cc1ccccc1SC1CCCCN(C(=O)c2ccc(F)cc2)C1=O. The molecule has 130 valence electrons. The number of imide groups is 1. The number of hydrogen-bond donors (Lipinski definition) is 0. The van der Waals surface area contributed by atoms with Gasteiger partial charge in [-0.3, -0.25) is 14.5 Å². The highest BCUT2D eigenvalue weighted by atomic mass is 32.2. The first kappa shape index (κ1) is 17.7. The van der Waals surface area contributed by atoms with E-state index in [9.17, 15) is 14.0 Å². The third-order valence-corrected chi connectivity index (χ3v) is 5.77. The highest BCUT2D eigenvalue weighted by Gasteiger charge is 2.32. The number of carbonyl (C=O) groups excluding carboxylic acids is 2. The Morgan fingerprint density at radius 3 is 2.56 bits per heavy atom. The number of likely N-dealkylation sites (tertiary alicyclic amines) is 1. The molecule has 25 heavy (non-hydrogen) atoms. The van der Waals surface area contributed by atoms with Crippen LogP contribution in [0.4, 0.5) is 4.39 Å². The van der Waals surface area contributed by atoms with E-state index in [0.717, 1.165) is 29.7 Å². The van der Waals surface area contributed by atoms with E-state index >= 15 is 0 Å². The van der Waals surface area contributed by atoms with Gasteiger partial charge in [-0.25, -0.2) is 4.39 Å². The molecule has 3 nitrogen and oxygen atoms in total. The molecule has 0 spiro atoms. The topological polar surface area (TPSA) is 37.4 Å². The van der Waals surface area contributed by atoms with Crippen molar-refractivity contribution in [2.75, 3.05) is 6.54 Å². The molecule has 0 bridgehead atoms. The second-order valence-corrected chi connectivity index (χ2v) is 7.41. The summed E-state index contributed by atoms with van der Waals surface area (Å²) in [5.74, 6) is -0.894. The zero-order valence-corrected chi connectivity index (χ0v) is 14.9. The molecule has 0 aliphatic carbocycles. The van der Waals surface area contributed by atoms with Crippen LogP contribution in [0.3, 0.4) is 0 Å². The summed E-state index contributed by atoms with van der Waals surface area (Å²) in [5, 5.41) is -0.270. The number of hydrogen-bond acceptors (Lipinski definition) is 3. The fraction of sp³-hybridized carbons (Fsp3) is 0.300. The van der Waals surface area contributed by atoms with Crippen molar-refractivity contribution < 1.29 is 14.0 Å². The highest BCUT2D eigenvalue weighted by molar-refractivity contribution is 8.00. The van der Waals surface area contributed by atoms with Gasteiger partial charge in [0.2, 0.25) is 5.91 Å². The van der Waals surface area contributed by atoms with Crippen LogP contribution in [-0.2, 0) is 4.79 Å². The average Bonchev–Trinajstić information content (AvgIpc) is 2.79. The van der Waals surface area contributed by atoms with Crippen LogP contribution in [0, 0.1) is 12.7 Å². The normalized spacial score (nSPS) is 18.1. The van der Waals surface area contributed by atoms with Crippen molar-refractivity contribution in [1.29, 1.82) is 0 Å². The largest absolute Gasteiger partial charge is 0.278 e. The molecule has 3 rings (SSSR count). The van der Waals surface area contributed by atoms with Gasteiger partial charge in [-0.1, -0.05) is 24.6 Å². The predicted octanol–water partition coefficient (Wildman–Crippen LogP) is 4.45. The molecular formula is C20H20FNO2S. The van der Waals surface area contributed by atoms with Gasteiger partial charge in [0.1, 0.15) is 5.82 Å². The second kappa shape index (κ2) is 7.83. The summed E-state index contributed by atoms with van der Waals surface area (Å²) in [7, 11) is 0. The molecule has 2 aromatic rings. The maximum absolute atomic E-state index is 13.1. The lowest BCUT2D eigenvalue weighted by atomic mass is 10.2. The van der Waals surface area contributed by atoms with Crippen molar-refractivity contribution >= 4 is 23.6 Å². The summed E-state index contributed by atoms with van der Waals surface area (Å²) in [6, 6.07) is 13.3. The van der Waals surface area contributed by atoms with Crippen LogP contribution >= 0.6 is 11.8 Å². The maximum atomic E-state index is 13.1. The predicted molar refractivity (Wildman–Crippen MR) is 97.1 cm³/mol. The van der Waals surface area contributed by atoms with Gasteiger partial charge in [0.25, 0.3) is 5.91 Å². The van der Waals surface area contributed by atoms with E-state index in [4.69, 9.17) is 0 Å². The molecule has 2 amide bonds. The molecule has 0 N–H and O–H groups in total. The lowest BCUT2D eigenvalue weighted by molar-refractivity contribution is -0.127. The maximum Gasteiger partial charge on any atom is 0.260 e. The van der Waals surface area contributed by atoms with Gasteiger partial charge in [-0.15, -0.1) is 11.8 Å². The van der Waals surface area contributed by atoms with E-state index < -0.39 is 5.82 Å². The van der Waals surface area contributed by atoms with Crippen molar-refractivity contribution in [2.24, 2.45) is 0 Å². The third-order valence-electron chi connectivity index (χ3n) is 4.34. The summed E-state index contributed by atoms with van der Waals surface area (Å²) in [4.78, 5) is 28.1. The van der Waals surface area contributed by atoms with Crippen LogP contribution in [-0.4, -0.2) is 28.5 Å². The number of benzene rings is 2. The monoisotopic (exact) mass is 357 g/mol. The van der Waals surface area contributed by atoms with E-state index in [0.29, 0.717) is 12.1 Å². The molecule has 1 aliphatic heterocycles. The molecule has 0 aromatic heterocycles. The molecule has 2 aromatic carbocycles. The van der Waals surface area contributed by atoms with E-state index in [1.807, 2.05) is 31.2 Å². The zero-order chi connectivity index (χ0) is 17.8. The van der Waals surface area contributed by atoms with Crippen LogP contribution in [0.1, 0.15) is 35.2 Å². The summed E-state index contributed by atoms with van der Waals surface area (Å²) < 4.78 is 13.1. The van der Waals surface area contributed by atoms with Crippen molar-refractivity contribution in [3.8, 4) is 0 Å². The number of thioether (sulfide) groups is 1. The van der Waals surface area contributed by atoms with Crippen molar-refractivity contribution in [3.63, 3.8) is 0 Å². The minimum Gasteiger partial charge on any atom is -0.278 e. The van der Waals surface area contributed by atoms with Crippen LogP contribution in [0.15, 0.2) is 53.4 Å². The van der Waals surface area contributed by atoms with E-state index in [1.54, 1.807) is 0 Å². The Morgan fingerprint density at radius 2 is 1.84 bits per heavy atom. The summed E-state index contributed by atoms with van der Waals surface area (Å²) in [5.41, 5.74) is 1.47. The summed E-state index contributed by atoms with van der Waals surface area (Å²) >= 11 is 1.53. The molecule has 0 radical (unpaired) electrons. The number of nitrogens with zero attached hydrogens (tertiary/aromatic N) is 1. The highest BCUT2D eigenvalue weighted by Crippen LogP contribution is 2.32. The van der Waals surface area contributed by atoms with Crippen LogP contribution in [0.25, 0.3) is 0 Å². The van der Waals surface area contributed by atoms with Gasteiger partial charge in [0.05, 0.1) is 5.25 Å². The summed E-state index contributed by atoms with van der Waals surface area (Å²) in [6.45, 7) is 2.44. The van der Waals surface area contributed by atoms with Gasteiger partial charge < -0.3 is 0 Å². The number of aryl methyl sites for hydroxylation is 1. The Kier molecular flexibility index (Phi) is 5.53. The quantitative estimate of drug-likeness (QED) is 0.762. The Labute approximate surface area is 151 Å². The average molecular weight is 357 g/mol. The van der Waals surface area contributed by atoms with Gasteiger partial charge in [-0.2, -0.15) is 0 Å². The number of halogens is 1. The lowest BCUT2D eigenvalue weighted by Gasteiger charge is -2.23. The van der Waals surface area contributed by atoms with Gasteiger partial charge in [0, 0.05) is 17.0 Å². The van der Waals surface area contributed by atoms with Crippen molar-refractivity contribution in [3.05, 3.63) is 65.5 Å². The van der Waals surface area contributed by atoms with Crippen molar-refractivity contribution in [1.82, 2.24) is 4.90 Å². The molecule has 1 heterocycles. The molecule has 0 saturated carbocycles. The first-order chi connectivity index (χ1) is 12.1. The smallest absolute Gasteiger partial charge is 0.260 e. The standard InChI is InChI=1S/C20H20FNO2S/c1-14-6-2-3-7-17(14)25-18-8-4-5-13-22(20(18)24)19(23)15-9-11-16(21)12-10-15/h2-3,6-7,9-12,18H,4-5,8,13H2,1H3. The first-order valence-corrected chi connectivity index (χ1v) is 9.28. The second-order valence-electron chi connectivity index (χ2n) is 6.17. The minimum absolute atomic E-state index is 0.153. The molecule has 1 unspecified atom stereocenters. The molecule has 1 atom stereocenters. The van der Waals surface area contributed by atoms with Crippen LogP contribution in [0.2, 0.25) is 0 Å². The van der Waals surface area contributed by atoms with Crippen LogP contribution in [0.5, 0.6) is 0 Å². The number of amides is 2. The fourth-order valence-corrected chi connectivity index (χ4v) is 4.14. The van der Waals surface area contributed by atoms with Gasteiger partial charge in [0.15, 0.2) is 0 Å². The number of rotatable bonds is 3. The Morgan fingerprint density at radius 1 is 1.12 bits per heavy atom. The van der Waals surface area contributed by atoms with Crippen molar-refractivity contribution in [2.45, 2.75) is 36.3 Å². The molecule has 1 saturated heterocycles. The Balaban J connectivity index is 1.80. The van der Waals surface area contributed by atoms with E-state index in [1.165, 1.54) is 40.9 Å². The van der Waals surface area contributed by atoms with Gasteiger partial charge in [-0.05, 0) is 55.7 Å². The van der Waals surface area contributed by atoms with Crippen LogP contribution < -0.4 is 0 Å². The Bertz CT molecular complexity index is 776. The number of carbonyl (C=O) groups is 2. The zero-order valence-electron chi connectivity index (χ0n) is 14.1. The van der Waals surface area contributed by atoms with E-state index in [-0.39, 0.29) is 17.1 Å². The molecule has 5 heteroatoms. The van der Waals surface area contributed by atoms with E-state index in [2.05, 4.69) is 0 Å². The molecule has 1 fully saturated rings. The third kappa shape index (κ3) is 4.10. The minimum atomic E-state index is -0.397. The first-order valence-electron chi connectivity index (χ1n) is 8.40. The fourth-order valence-electron chi connectivity index (χ4n) is 2.91.